The number of carboxylic acids is 2. The summed E-state index contributed by atoms with van der Waals surface area (Å²) in [5.74, 6) is 1.64. The van der Waals surface area contributed by atoms with Crippen LogP contribution in [-0.2, 0) is 14.4 Å². The molecule has 0 aromatic heterocycles. The molecule has 34 heavy (non-hydrogen) atoms. The van der Waals surface area contributed by atoms with Gasteiger partial charge in [0.05, 0.1) is 6.42 Å². The van der Waals surface area contributed by atoms with E-state index >= 15 is 0 Å². The normalized spacial score (nSPS) is 40.9. The first kappa shape index (κ1) is 25.5. The average molecular weight is 476 g/mol. The molecule has 0 bridgehead atoms. The number of carbonyl (C=O) groups excluding carboxylic acids is 1. The van der Waals surface area contributed by atoms with Gasteiger partial charge in [0.2, 0.25) is 5.91 Å². The van der Waals surface area contributed by atoms with E-state index in [0.717, 1.165) is 30.1 Å². The minimum atomic E-state index is -1.36. The molecule has 4 aliphatic rings. The topological polar surface area (TPSA) is 104 Å². The Morgan fingerprint density at radius 3 is 2.35 bits per heavy atom. The molecule has 0 aromatic rings. The zero-order valence-corrected chi connectivity index (χ0v) is 21.4. The molecule has 3 unspecified atom stereocenters. The lowest BCUT2D eigenvalue weighted by molar-refractivity contribution is -0.147. The van der Waals surface area contributed by atoms with Crippen molar-refractivity contribution in [1.29, 1.82) is 0 Å². The predicted octanol–water partition coefficient (Wildman–Crippen LogP) is 5.50. The first-order chi connectivity index (χ1) is 16.1. The van der Waals surface area contributed by atoms with Gasteiger partial charge in [-0.05, 0) is 104 Å². The van der Waals surface area contributed by atoms with Gasteiger partial charge in [0.25, 0.3) is 0 Å². The van der Waals surface area contributed by atoms with Gasteiger partial charge in [-0.1, -0.05) is 33.6 Å². The highest BCUT2D eigenvalue weighted by molar-refractivity contribution is 5.86. The Hall–Kier alpha value is -1.59. The summed E-state index contributed by atoms with van der Waals surface area (Å²) in [6.07, 6.45) is 14.2. The fraction of sp³-hybridized carbons (Fsp3) is 0.893. The van der Waals surface area contributed by atoms with E-state index in [1.54, 1.807) is 0 Å². The van der Waals surface area contributed by atoms with Crippen LogP contribution in [-0.4, -0.2) is 34.1 Å². The molecular formula is C28H45NO5. The monoisotopic (exact) mass is 475 g/mol. The van der Waals surface area contributed by atoms with Crippen molar-refractivity contribution in [1.82, 2.24) is 5.32 Å². The Morgan fingerprint density at radius 2 is 1.65 bits per heavy atom. The lowest BCUT2D eigenvalue weighted by Gasteiger charge is -2.61. The fourth-order valence-electron chi connectivity index (χ4n) is 9.47. The molecular weight excluding hydrogens is 430 g/mol. The predicted molar refractivity (Wildman–Crippen MR) is 130 cm³/mol. The third-order valence-corrected chi connectivity index (χ3v) is 11.2. The second-order valence-electron chi connectivity index (χ2n) is 12.7. The van der Waals surface area contributed by atoms with E-state index in [4.69, 9.17) is 5.11 Å². The molecule has 1 amide bonds. The molecule has 0 aromatic carbocycles. The number of amides is 1. The molecule has 0 heterocycles. The molecule has 6 heteroatoms. The van der Waals surface area contributed by atoms with Gasteiger partial charge in [-0.2, -0.15) is 0 Å². The van der Waals surface area contributed by atoms with Crippen LogP contribution in [0.4, 0.5) is 0 Å². The Bertz CT molecular complexity index is 798. The molecule has 0 aliphatic heterocycles. The van der Waals surface area contributed by atoms with Crippen molar-refractivity contribution in [2.75, 3.05) is 0 Å². The first-order valence-electron chi connectivity index (χ1n) is 13.8. The number of rotatable bonds is 8. The summed E-state index contributed by atoms with van der Waals surface area (Å²) in [4.78, 5) is 34.6. The molecule has 0 saturated heterocycles. The zero-order chi connectivity index (χ0) is 24.7. The summed E-state index contributed by atoms with van der Waals surface area (Å²) in [7, 11) is 0. The van der Waals surface area contributed by atoms with Crippen molar-refractivity contribution in [2.45, 2.75) is 110 Å². The lowest BCUT2D eigenvalue weighted by atomic mass is 9.44. The van der Waals surface area contributed by atoms with Crippen LogP contribution in [0, 0.1) is 46.3 Å². The second-order valence-corrected chi connectivity index (χ2v) is 12.7. The maximum Gasteiger partial charge on any atom is 0.326 e. The molecule has 0 spiro atoms. The van der Waals surface area contributed by atoms with Crippen molar-refractivity contribution in [3.05, 3.63) is 0 Å². The van der Waals surface area contributed by atoms with Crippen molar-refractivity contribution in [2.24, 2.45) is 46.3 Å². The molecule has 3 N–H and O–H groups in total. The highest BCUT2D eigenvalue weighted by Crippen LogP contribution is 2.68. The summed E-state index contributed by atoms with van der Waals surface area (Å²) >= 11 is 0. The molecule has 4 fully saturated rings. The molecule has 192 valence electrons. The van der Waals surface area contributed by atoms with Crippen molar-refractivity contribution in [3.63, 3.8) is 0 Å². The first-order valence-corrected chi connectivity index (χ1v) is 13.8. The van der Waals surface area contributed by atoms with Gasteiger partial charge in [-0.25, -0.2) is 4.79 Å². The van der Waals surface area contributed by atoms with Gasteiger partial charge in [-0.3, -0.25) is 9.59 Å². The van der Waals surface area contributed by atoms with Gasteiger partial charge >= 0.3 is 11.9 Å². The fourth-order valence-corrected chi connectivity index (χ4v) is 9.47. The SMILES string of the molecule is CC(CCC(=O)NC(CC(=O)O)C(=O)O)C1CC[C@H]2[C@@H]3CC[C@@H]4CCCC[C@]4(C)[C@H]3CC[C@]12C. The Kier molecular flexibility index (Phi) is 7.36. The van der Waals surface area contributed by atoms with E-state index in [2.05, 4.69) is 26.1 Å². The van der Waals surface area contributed by atoms with Crippen molar-refractivity contribution in [3.8, 4) is 0 Å². The van der Waals surface area contributed by atoms with E-state index in [9.17, 15) is 19.5 Å². The van der Waals surface area contributed by atoms with Gasteiger partial charge < -0.3 is 15.5 Å². The van der Waals surface area contributed by atoms with Crippen LogP contribution in [0.1, 0.15) is 104 Å². The van der Waals surface area contributed by atoms with E-state index in [0.29, 0.717) is 22.7 Å². The van der Waals surface area contributed by atoms with E-state index < -0.39 is 24.4 Å². The third kappa shape index (κ3) is 4.63. The van der Waals surface area contributed by atoms with Gasteiger partial charge in [-0.15, -0.1) is 0 Å². The summed E-state index contributed by atoms with van der Waals surface area (Å²) in [5, 5.41) is 20.5. The molecule has 4 saturated carbocycles. The molecule has 6 nitrogen and oxygen atoms in total. The molecule has 4 aliphatic carbocycles. The van der Waals surface area contributed by atoms with E-state index in [1.165, 1.54) is 64.2 Å². The van der Waals surface area contributed by atoms with Crippen LogP contribution >= 0.6 is 0 Å². The van der Waals surface area contributed by atoms with Crippen LogP contribution < -0.4 is 5.32 Å². The highest BCUT2D eigenvalue weighted by atomic mass is 16.4. The van der Waals surface area contributed by atoms with Crippen LogP contribution in [0.2, 0.25) is 0 Å². The number of fused-ring (bicyclic) bond motifs is 5. The number of carbonyl (C=O) groups is 3. The Labute approximate surface area is 204 Å². The number of hydrogen-bond donors (Lipinski definition) is 3. The average Bonchev–Trinajstić information content (AvgIpc) is 3.13. The minimum absolute atomic E-state index is 0.258. The summed E-state index contributed by atoms with van der Waals surface area (Å²) in [6.45, 7) is 7.42. The molecule has 0 radical (unpaired) electrons. The van der Waals surface area contributed by atoms with E-state index in [1.807, 2.05) is 0 Å². The largest absolute Gasteiger partial charge is 0.481 e. The van der Waals surface area contributed by atoms with Crippen LogP contribution in [0.3, 0.4) is 0 Å². The molecule has 9 atom stereocenters. The summed E-state index contributed by atoms with van der Waals surface area (Å²) in [6, 6.07) is -1.36. The van der Waals surface area contributed by atoms with Gasteiger partial charge in [0.1, 0.15) is 6.04 Å². The van der Waals surface area contributed by atoms with Crippen molar-refractivity contribution < 1.29 is 24.6 Å². The van der Waals surface area contributed by atoms with Crippen LogP contribution in [0.5, 0.6) is 0 Å². The Balaban J connectivity index is 1.36. The smallest absolute Gasteiger partial charge is 0.326 e. The lowest BCUT2D eigenvalue weighted by Crippen LogP contribution is -2.53. The Morgan fingerprint density at radius 1 is 0.912 bits per heavy atom. The standard InChI is InChI=1S/C28H45NO5/c1-17(7-12-24(30)29-23(26(33)34)16-25(31)32)20-10-11-21-19-9-8-18-6-4-5-14-27(18,2)22(19)13-15-28(20,21)3/h17-23H,4-16H2,1-3H3,(H,29,30)(H,31,32)(H,33,34)/t17?,18-,19-,20?,21-,22-,23?,27-,28+/m0/s1. The van der Waals surface area contributed by atoms with Crippen LogP contribution in [0.15, 0.2) is 0 Å². The number of nitrogens with one attached hydrogen (secondary N) is 1. The van der Waals surface area contributed by atoms with Crippen LogP contribution in [0.25, 0.3) is 0 Å². The number of aliphatic carboxylic acids is 2. The zero-order valence-electron chi connectivity index (χ0n) is 21.4. The van der Waals surface area contributed by atoms with Crippen molar-refractivity contribution >= 4 is 17.8 Å². The third-order valence-electron chi connectivity index (χ3n) is 11.2. The maximum atomic E-state index is 12.4. The van der Waals surface area contributed by atoms with E-state index in [-0.39, 0.29) is 12.3 Å². The quantitative estimate of drug-likeness (QED) is 0.430. The second kappa shape index (κ2) is 9.81. The van der Waals surface area contributed by atoms with Gasteiger partial charge in [0, 0.05) is 6.42 Å². The minimum Gasteiger partial charge on any atom is -0.481 e. The molecule has 4 rings (SSSR count). The maximum absolute atomic E-state index is 12.4. The summed E-state index contributed by atoms with van der Waals surface area (Å²) in [5.41, 5.74) is 0.906. The summed E-state index contributed by atoms with van der Waals surface area (Å²) < 4.78 is 0. The number of carboxylic acid groups (broad SMARTS) is 2. The van der Waals surface area contributed by atoms with Gasteiger partial charge in [0.15, 0.2) is 0 Å². The highest BCUT2D eigenvalue weighted by Gasteiger charge is 2.60. The number of hydrogen-bond acceptors (Lipinski definition) is 3.